The lowest BCUT2D eigenvalue weighted by molar-refractivity contribution is -0.136. The third-order valence-corrected chi connectivity index (χ3v) is 7.13. The molecule has 0 atom stereocenters. The molecule has 2 aliphatic heterocycles. The molecule has 8 heteroatoms. The highest BCUT2D eigenvalue weighted by Gasteiger charge is 2.57. The van der Waals surface area contributed by atoms with Gasteiger partial charge < -0.3 is 9.88 Å². The standard InChI is InChI=1S/C26H30N6O2/c1-20-23(29-19-28-20)18-30-15-11-26(12-16-30)24(33)31(17-22-9-5-6-13-27-22)25(34)32(26)14-10-21-7-3-2-4-8-21/h2-9,13,19H,10-12,14-18H2,1H3,(H,28,29). The molecule has 2 aliphatic rings. The first-order valence-electron chi connectivity index (χ1n) is 11.9. The molecule has 34 heavy (non-hydrogen) atoms. The lowest BCUT2D eigenvalue weighted by Crippen LogP contribution is -2.56. The molecule has 2 saturated heterocycles. The van der Waals surface area contributed by atoms with Crippen LogP contribution in [-0.2, 0) is 24.3 Å². The van der Waals surface area contributed by atoms with Gasteiger partial charge in [0.25, 0.3) is 5.91 Å². The van der Waals surface area contributed by atoms with Crippen LogP contribution in [0.15, 0.2) is 61.1 Å². The van der Waals surface area contributed by atoms with Crippen molar-refractivity contribution in [3.63, 3.8) is 0 Å². The smallest absolute Gasteiger partial charge is 0.328 e. The van der Waals surface area contributed by atoms with Gasteiger partial charge in [0.05, 0.1) is 24.3 Å². The van der Waals surface area contributed by atoms with Crippen molar-refractivity contribution in [2.24, 2.45) is 0 Å². The van der Waals surface area contributed by atoms with Gasteiger partial charge in [0.1, 0.15) is 5.54 Å². The van der Waals surface area contributed by atoms with E-state index in [1.807, 2.05) is 48.2 Å². The average molecular weight is 459 g/mol. The molecule has 2 fully saturated rings. The monoisotopic (exact) mass is 458 g/mol. The van der Waals surface area contributed by atoms with Crippen LogP contribution in [0.4, 0.5) is 4.79 Å². The van der Waals surface area contributed by atoms with Crippen LogP contribution in [0, 0.1) is 6.92 Å². The van der Waals surface area contributed by atoms with Gasteiger partial charge in [0, 0.05) is 38.1 Å². The Labute approximate surface area is 199 Å². The van der Waals surface area contributed by atoms with Crippen LogP contribution >= 0.6 is 0 Å². The number of aryl methyl sites for hydroxylation is 1. The normalized spacial score (nSPS) is 18.3. The largest absolute Gasteiger partial charge is 0.348 e. The summed E-state index contributed by atoms with van der Waals surface area (Å²) in [6.45, 7) is 4.97. The molecule has 0 aliphatic carbocycles. The number of nitrogens with one attached hydrogen (secondary N) is 1. The van der Waals surface area contributed by atoms with Crippen LogP contribution in [-0.4, -0.2) is 66.8 Å². The second-order valence-electron chi connectivity index (χ2n) is 9.16. The number of benzene rings is 1. The van der Waals surface area contributed by atoms with Crippen molar-refractivity contribution in [1.82, 2.24) is 29.7 Å². The second kappa shape index (κ2) is 9.38. The molecule has 2 aromatic heterocycles. The van der Waals surface area contributed by atoms with Crippen LogP contribution in [0.25, 0.3) is 0 Å². The number of aromatic amines is 1. The fourth-order valence-corrected chi connectivity index (χ4v) is 5.09. The van der Waals surface area contributed by atoms with E-state index in [9.17, 15) is 9.59 Å². The van der Waals surface area contributed by atoms with E-state index < -0.39 is 5.54 Å². The maximum atomic E-state index is 13.8. The second-order valence-corrected chi connectivity index (χ2v) is 9.16. The number of amides is 3. The van der Waals surface area contributed by atoms with Crippen molar-refractivity contribution in [3.8, 4) is 0 Å². The maximum Gasteiger partial charge on any atom is 0.328 e. The zero-order valence-corrected chi connectivity index (χ0v) is 19.5. The highest BCUT2D eigenvalue weighted by atomic mass is 16.2. The summed E-state index contributed by atoms with van der Waals surface area (Å²) >= 11 is 0. The first kappa shape index (κ1) is 22.3. The molecule has 8 nitrogen and oxygen atoms in total. The van der Waals surface area contributed by atoms with Crippen LogP contribution in [0.1, 0.15) is 35.5 Å². The Kier molecular flexibility index (Phi) is 6.15. The van der Waals surface area contributed by atoms with Crippen molar-refractivity contribution in [1.29, 1.82) is 0 Å². The number of imidazole rings is 1. The van der Waals surface area contributed by atoms with E-state index in [0.29, 0.717) is 19.4 Å². The Balaban J connectivity index is 1.36. The van der Waals surface area contributed by atoms with E-state index in [4.69, 9.17) is 0 Å². The van der Waals surface area contributed by atoms with Crippen LogP contribution in [0.2, 0.25) is 0 Å². The molecule has 3 aromatic rings. The summed E-state index contributed by atoms with van der Waals surface area (Å²) in [6, 6.07) is 15.5. The van der Waals surface area contributed by atoms with Gasteiger partial charge in [-0.3, -0.25) is 19.6 Å². The molecule has 0 unspecified atom stereocenters. The first-order valence-corrected chi connectivity index (χ1v) is 11.9. The fraction of sp³-hybridized carbons (Fsp3) is 0.385. The number of imide groups is 1. The summed E-state index contributed by atoms with van der Waals surface area (Å²) < 4.78 is 0. The number of urea groups is 1. The number of carbonyl (C=O) groups is 2. The van der Waals surface area contributed by atoms with Gasteiger partial charge in [-0.2, -0.15) is 0 Å². The van der Waals surface area contributed by atoms with Crippen LogP contribution in [0.3, 0.4) is 0 Å². The number of hydrogen-bond acceptors (Lipinski definition) is 5. The topological polar surface area (TPSA) is 85.4 Å². The van der Waals surface area contributed by atoms with Gasteiger partial charge in [-0.25, -0.2) is 9.78 Å². The Morgan fingerprint density at radius 1 is 0.971 bits per heavy atom. The number of rotatable bonds is 7. The quantitative estimate of drug-likeness (QED) is 0.550. The summed E-state index contributed by atoms with van der Waals surface area (Å²) in [7, 11) is 0. The van der Waals surface area contributed by atoms with Crippen molar-refractivity contribution in [2.45, 2.75) is 44.8 Å². The number of aromatic nitrogens is 3. The summed E-state index contributed by atoms with van der Waals surface area (Å²) in [4.78, 5) is 44.8. The molecular weight excluding hydrogens is 428 g/mol. The Morgan fingerprint density at radius 3 is 2.41 bits per heavy atom. The molecule has 4 heterocycles. The van der Waals surface area contributed by atoms with Gasteiger partial charge in [0.2, 0.25) is 0 Å². The van der Waals surface area contributed by atoms with Gasteiger partial charge in [-0.1, -0.05) is 36.4 Å². The van der Waals surface area contributed by atoms with Crippen LogP contribution < -0.4 is 0 Å². The van der Waals surface area contributed by atoms with Crippen molar-refractivity contribution >= 4 is 11.9 Å². The van der Waals surface area contributed by atoms with E-state index in [2.05, 4.69) is 32.0 Å². The van der Waals surface area contributed by atoms with E-state index in [1.165, 1.54) is 4.90 Å². The summed E-state index contributed by atoms with van der Waals surface area (Å²) in [5, 5.41) is 0. The van der Waals surface area contributed by atoms with E-state index >= 15 is 0 Å². The first-order chi connectivity index (χ1) is 16.6. The minimum absolute atomic E-state index is 0.0909. The van der Waals surface area contributed by atoms with E-state index in [1.54, 1.807) is 12.5 Å². The molecular formula is C26H30N6O2. The van der Waals surface area contributed by atoms with Gasteiger partial charge in [-0.15, -0.1) is 0 Å². The fourth-order valence-electron chi connectivity index (χ4n) is 5.09. The number of H-pyrrole nitrogens is 1. The van der Waals surface area contributed by atoms with E-state index in [-0.39, 0.29) is 18.5 Å². The van der Waals surface area contributed by atoms with Gasteiger partial charge in [-0.05, 0) is 43.9 Å². The van der Waals surface area contributed by atoms with Gasteiger partial charge in [0.15, 0.2) is 0 Å². The highest BCUT2D eigenvalue weighted by molar-refractivity contribution is 6.07. The average Bonchev–Trinajstić information content (AvgIpc) is 3.35. The van der Waals surface area contributed by atoms with Crippen molar-refractivity contribution < 1.29 is 9.59 Å². The lowest BCUT2D eigenvalue weighted by atomic mass is 9.85. The molecule has 3 amide bonds. The number of carbonyl (C=O) groups excluding carboxylic acids is 2. The Bertz CT molecular complexity index is 1140. The maximum absolute atomic E-state index is 13.8. The summed E-state index contributed by atoms with van der Waals surface area (Å²) in [5.74, 6) is -0.0909. The minimum atomic E-state index is -0.794. The number of nitrogens with zero attached hydrogens (tertiary/aromatic N) is 5. The van der Waals surface area contributed by atoms with Crippen molar-refractivity contribution in [2.75, 3.05) is 19.6 Å². The Morgan fingerprint density at radius 2 is 1.74 bits per heavy atom. The molecule has 1 spiro atoms. The number of pyridine rings is 1. The predicted molar refractivity (Wildman–Crippen MR) is 128 cm³/mol. The predicted octanol–water partition coefficient (Wildman–Crippen LogP) is 3.15. The molecule has 1 aromatic carbocycles. The van der Waals surface area contributed by atoms with Crippen LogP contribution in [0.5, 0.6) is 0 Å². The van der Waals surface area contributed by atoms with E-state index in [0.717, 1.165) is 48.7 Å². The van der Waals surface area contributed by atoms with Crippen molar-refractivity contribution in [3.05, 3.63) is 83.7 Å². The number of piperidine rings is 1. The third kappa shape index (κ3) is 4.21. The Hall–Kier alpha value is -3.52. The number of likely N-dealkylation sites (tertiary alicyclic amines) is 1. The molecule has 1 N–H and O–H groups in total. The van der Waals surface area contributed by atoms with Gasteiger partial charge >= 0.3 is 6.03 Å². The zero-order valence-electron chi connectivity index (χ0n) is 19.5. The molecule has 0 radical (unpaired) electrons. The minimum Gasteiger partial charge on any atom is -0.348 e. The molecule has 0 saturated carbocycles. The number of hydrogen-bond donors (Lipinski definition) is 1. The molecule has 5 rings (SSSR count). The zero-order chi connectivity index (χ0) is 23.5. The lowest BCUT2D eigenvalue weighted by Gasteiger charge is -2.42. The summed E-state index contributed by atoms with van der Waals surface area (Å²) in [6.07, 6.45) is 5.37. The summed E-state index contributed by atoms with van der Waals surface area (Å²) in [5.41, 5.74) is 3.18. The molecule has 176 valence electrons. The SMILES string of the molecule is Cc1[nH]cnc1CN1CCC2(CC1)C(=O)N(Cc1ccccn1)C(=O)N2CCc1ccccc1. The molecule has 0 bridgehead atoms. The highest BCUT2D eigenvalue weighted by Crippen LogP contribution is 2.38. The third-order valence-electron chi connectivity index (χ3n) is 7.13.